The number of nitrogens with one attached hydrogen (secondary N) is 1. The third kappa shape index (κ3) is 2.87. The first kappa shape index (κ1) is 11.2. The van der Waals surface area contributed by atoms with Crippen LogP contribution in [0.1, 0.15) is 32.6 Å². The van der Waals surface area contributed by atoms with Crippen LogP contribution in [0.4, 0.5) is 11.5 Å². The van der Waals surface area contributed by atoms with Gasteiger partial charge in [-0.15, -0.1) is 0 Å². The standard InChI is InChI=1S/C13H21N3/c1-10-4-2-3-5-11(10)8-15-13-7-6-12(14)9-16-13/h6-7,9-11H,2-5,8,14H2,1H3,(H,15,16). The predicted molar refractivity (Wildman–Crippen MR) is 68.3 cm³/mol. The Hall–Kier alpha value is -1.25. The Morgan fingerprint density at radius 3 is 2.88 bits per heavy atom. The zero-order chi connectivity index (χ0) is 11.4. The number of hydrogen-bond acceptors (Lipinski definition) is 3. The summed E-state index contributed by atoms with van der Waals surface area (Å²) in [5.41, 5.74) is 6.32. The molecule has 2 unspecified atom stereocenters. The topological polar surface area (TPSA) is 50.9 Å². The molecule has 3 heteroatoms. The van der Waals surface area contributed by atoms with Gasteiger partial charge < -0.3 is 11.1 Å². The summed E-state index contributed by atoms with van der Waals surface area (Å²) in [6, 6.07) is 3.84. The van der Waals surface area contributed by atoms with Crippen LogP contribution in [0, 0.1) is 11.8 Å². The molecule has 2 rings (SSSR count). The monoisotopic (exact) mass is 219 g/mol. The van der Waals surface area contributed by atoms with Crippen molar-refractivity contribution >= 4 is 11.5 Å². The summed E-state index contributed by atoms with van der Waals surface area (Å²) < 4.78 is 0. The van der Waals surface area contributed by atoms with Crippen molar-refractivity contribution in [3.8, 4) is 0 Å². The molecule has 2 atom stereocenters. The van der Waals surface area contributed by atoms with Gasteiger partial charge in [-0.3, -0.25) is 0 Å². The number of hydrogen-bond donors (Lipinski definition) is 2. The molecule has 0 bridgehead atoms. The molecule has 88 valence electrons. The second-order valence-electron chi connectivity index (χ2n) is 4.88. The molecule has 16 heavy (non-hydrogen) atoms. The first-order chi connectivity index (χ1) is 7.75. The quantitative estimate of drug-likeness (QED) is 0.821. The summed E-state index contributed by atoms with van der Waals surface area (Å²) in [6.45, 7) is 3.40. The molecule has 3 nitrogen and oxygen atoms in total. The van der Waals surface area contributed by atoms with Gasteiger partial charge in [0.05, 0.1) is 11.9 Å². The number of nitrogen functional groups attached to an aromatic ring is 1. The second kappa shape index (κ2) is 5.19. The fourth-order valence-electron chi connectivity index (χ4n) is 2.44. The largest absolute Gasteiger partial charge is 0.397 e. The molecule has 1 aromatic rings. The molecular weight excluding hydrogens is 198 g/mol. The molecular formula is C13H21N3. The van der Waals surface area contributed by atoms with Gasteiger partial charge in [0, 0.05) is 6.54 Å². The minimum Gasteiger partial charge on any atom is -0.397 e. The molecule has 1 heterocycles. The highest BCUT2D eigenvalue weighted by Crippen LogP contribution is 2.29. The molecule has 0 spiro atoms. The van der Waals surface area contributed by atoms with E-state index in [4.69, 9.17) is 5.73 Å². The van der Waals surface area contributed by atoms with Crippen molar-refractivity contribution in [2.75, 3.05) is 17.6 Å². The van der Waals surface area contributed by atoms with Crippen molar-refractivity contribution < 1.29 is 0 Å². The molecule has 3 N–H and O–H groups in total. The number of aromatic nitrogens is 1. The summed E-state index contributed by atoms with van der Waals surface area (Å²) in [6.07, 6.45) is 7.21. The van der Waals surface area contributed by atoms with Crippen LogP contribution in [0.5, 0.6) is 0 Å². The minimum absolute atomic E-state index is 0.719. The van der Waals surface area contributed by atoms with Gasteiger partial charge in [-0.25, -0.2) is 4.98 Å². The summed E-state index contributed by atoms with van der Waals surface area (Å²) in [5, 5.41) is 3.41. The van der Waals surface area contributed by atoms with Gasteiger partial charge in [0.25, 0.3) is 0 Å². The van der Waals surface area contributed by atoms with Gasteiger partial charge in [0.2, 0.25) is 0 Å². The Labute approximate surface area is 97.5 Å². The summed E-state index contributed by atoms with van der Waals surface area (Å²) in [5.74, 6) is 2.58. The predicted octanol–water partition coefficient (Wildman–Crippen LogP) is 2.90. The van der Waals surface area contributed by atoms with Gasteiger partial charge in [-0.2, -0.15) is 0 Å². The number of nitrogens with two attached hydrogens (primary N) is 1. The molecule has 0 radical (unpaired) electrons. The van der Waals surface area contributed by atoms with Crippen molar-refractivity contribution in [2.24, 2.45) is 11.8 Å². The average Bonchev–Trinajstić information content (AvgIpc) is 2.30. The number of anilines is 2. The average molecular weight is 219 g/mol. The zero-order valence-electron chi connectivity index (χ0n) is 9.95. The Bertz CT molecular complexity index is 320. The third-order valence-electron chi connectivity index (χ3n) is 3.62. The summed E-state index contributed by atoms with van der Waals surface area (Å²) in [4.78, 5) is 4.25. The van der Waals surface area contributed by atoms with Crippen molar-refractivity contribution in [1.29, 1.82) is 0 Å². The first-order valence-electron chi connectivity index (χ1n) is 6.21. The van der Waals surface area contributed by atoms with Crippen LogP contribution in [0.15, 0.2) is 18.3 Å². The first-order valence-corrected chi connectivity index (χ1v) is 6.21. The molecule has 0 saturated heterocycles. The summed E-state index contributed by atoms with van der Waals surface area (Å²) >= 11 is 0. The van der Waals surface area contributed by atoms with E-state index in [0.29, 0.717) is 0 Å². The van der Waals surface area contributed by atoms with Crippen LogP contribution in [-0.4, -0.2) is 11.5 Å². The van der Waals surface area contributed by atoms with Crippen LogP contribution in [0.3, 0.4) is 0 Å². The minimum atomic E-state index is 0.719. The van der Waals surface area contributed by atoms with E-state index in [1.165, 1.54) is 25.7 Å². The van der Waals surface area contributed by atoms with E-state index >= 15 is 0 Å². The van der Waals surface area contributed by atoms with Crippen LogP contribution < -0.4 is 11.1 Å². The van der Waals surface area contributed by atoms with E-state index in [-0.39, 0.29) is 0 Å². The Kier molecular flexibility index (Phi) is 3.65. The second-order valence-corrected chi connectivity index (χ2v) is 4.88. The lowest BCUT2D eigenvalue weighted by Crippen LogP contribution is -2.24. The lowest BCUT2D eigenvalue weighted by atomic mass is 9.80. The fraction of sp³-hybridized carbons (Fsp3) is 0.615. The van der Waals surface area contributed by atoms with Crippen LogP contribution in [-0.2, 0) is 0 Å². The molecule has 1 fully saturated rings. The van der Waals surface area contributed by atoms with E-state index in [9.17, 15) is 0 Å². The fourth-order valence-corrected chi connectivity index (χ4v) is 2.44. The molecule has 1 aliphatic carbocycles. The smallest absolute Gasteiger partial charge is 0.126 e. The van der Waals surface area contributed by atoms with E-state index in [1.807, 2.05) is 12.1 Å². The van der Waals surface area contributed by atoms with Crippen molar-refractivity contribution in [3.05, 3.63) is 18.3 Å². The van der Waals surface area contributed by atoms with E-state index in [0.717, 1.165) is 29.9 Å². The Balaban J connectivity index is 1.84. The van der Waals surface area contributed by atoms with Gasteiger partial charge in [0.1, 0.15) is 5.82 Å². The molecule has 1 aliphatic rings. The van der Waals surface area contributed by atoms with Gasteiger partial charge in [-0.1, -0.05) is 26.2 Å². The maximum atomic E-state index is 5.60. The Morgan fingerprint density at radius 2 is 2.19 bits per heavy atom. The lowest BCUT2D eigenvalue weighted by Gasteiger charge is -2.28. The van der Waals surface area contributed by atoms with E-state index in [2.05, 4.69) is 17.2 Å². The number of nitrogens with zero attached hydrogens (tertiary/aromatic N) is 1. The highest BCUT2D eigenvalue weighted by molar-refractivity contribution is 5.43. The van der Waals surface area contributed by atoms with Crippen LogP contribution in [0.25, 0.3) is 0 Å². The summed E-state index contributed by atoms with van der Waals surface area (Å²) in [7, 11) is 0. The molecule has 0 aliphatic heterocycles. The molecule has 0 aromatic carbocycles. The maximum Gasteiger partial charge on any atom is 0.126 e. The molecule has 1 aromatic heterocycles. The molecule has 1 saturated carbocycles. The third-order valence-corrected chi connectivity index (χ3v) is 3.62. The van der Waals surface area contributed by atoms with Crippen molar-refractivity contribution in [2.45, 2.75) is 32.6 Å². The lowest BCUT2D eigenvalue weighted by molar-refractivity contribution is 0.268. The SMILES string of the molecule is CC1CCCCC1CNc1ccc(N)cn1. The zero-order valence-corrected chi connectivity index (χ0v) is 9.95. The molecule has 0 amide bonds. The van der Waals surface area contributed by atoms with Gasteiger partial charge >= 0.3 is 0 Å². The highest BCUT2D eigenvalue weighted by atomic mass is 15.0. The van der Waals surface area contributed by atoms with Gasteiger partial charge in [-0.05, 0) is 30.4 Å². The van der Waals surface area contributed by atoms with Gasteiger partial charge in [0.15, 0.2) is 0 Å². The van der Waals surface area contributed by atoms with Crippen molar-refractivity contribution in [3.63, 3.8) is 0 Å². The van der Waals surface area contributed by atoms with E-state index in [1.54, 1.807) is 6.20 Å². The van der Waals surface area contributed by atoms with Crippen molar-refractivity contribution in [1.82, 2.24) is 4.98 Å². The van der Waals surface area contributed by atoms with E-state index < -0.39 is 0 Å². The maximum absolute atomic E-state index is 5.60. The number of pyridine rings is 1. The van der Waals surface area contributed by atoms with Crippen LogP contribution >= 0.6 is 0 Å². The highest BCUT2D eigenvalue weighted by Gasteiger charge is 2.20. The Morgan fingerprint density at radius 1 is 1.38 bits per heavy atom. The normalized spacial score (nSPS) is 25.3. The van der Waals surface area contributed by atoms with Crippen LogP contribution in [0.2, 0.25) is 0 Å². The number of rotatable bonds is 3.